The Labute approximate surface area is 81.7 Å². The summed E-state index contributed by atoms with van der Waals surface area (Å²) in [7, 11) is 2.04. The van der Waals surface area contributed by atoms with Crippen molar-refractivity contribution in [1.29, 1.82) is 0 Å². The molecule has 3 heteroatoms. The van der Waals surface area contributed by atoms with Crippen LogP contribution < -0.4 is 4.90 Å². The van der Waals surface area contributed by atoms with E-state index in [-0.39, 0.29) is 0 Å². The van der Waals surface area contributed by atoms with Gasteiger partial charge >= 0.3 is 0 Å². The second-order valence-corrected chi connectivity index (χ2v) is 4.41. The molecule has 1 heterocycles. The highest BCUT2D eigenvalue weighted by Crippen LogP contribution is 2.09. The number of hydrogen-bond acceptors (Lipinski definition) is 2. The van der Waals surface area contributed by atoms with E-state index in [4.69, 9.17) is 0 Å². The predicted octanol–water partition coefficient (Wildman–Crippen LogP) is 2.30. The van der Waals surface area contributed by atoms with Crippen LogP contribution in [0.5, 0.6) is 0 Å². The summed E-state index contributed by atoms with van der Waals surface area (Å²) in [6.07, 6.45) is 1.81. The molecule has 0 fully saturated rings. The average Bonchev–Trinajstić information content (AvgIpc) is 2.05. The maximum Gasteiger partial charge on any atom is 0.128 e. The molecule has 0 saturated carbocycles. The van der Waals surface area contributed by atoms with Gasteiger partial charge in [0.25, 0.3) is 0 Å². The minimum Gasteiger partial charge on any atom is -0.359 e. The van der Waals surface area contributed by atoms with Gasteiger partial charge in [-0.2, -0.15) is 0 Å². The fourth-order valence-electron chi connectivity index (χ4n) is 1.05. The molecule has 0 aliphatic carbocycles. The second kappa shape index (κ2) is 4.45. The van der Waals surface area contributed by atoms with Crippen molar-refractivity contribution in [1.82, 2.24) is 4.98 Å². The Kier molecular flexibility index (Phi) is 3.53. The van der Waals surface area contributed by atoms with E-state index < -0.39 is 0 Å². The highest BCUT2D eigenvalue weighted by Gasteiger charge is 2.03. The Morgan fingerprint density at radius 1 is 1.58 bits per heavy atom. The van der Waals surface area contributed by atoms with E-state index in [0.717, 1.165) is 12.4 Å². The van der Waals surface area contributed by atoms with Crippen LogP contribution in [0.3, 0.4) is 0 Å². The maximum atomic E-state index is 4.24. The fourth-order valence-corrected chi connectivity index (χ4v) is 1.48. The van der Waals surface area contributed by atoms with Gasteiger partial charge in [0.05, 0.1) is 0 Å². The molecule has 0 bridgehead atoms. The summed E-state index contributed by atoms with van der Waals surface area (Å²) in [5, 5.41) is 0. The van der Waals surface area contributed by atoms with Crippen molar-refractivity contribution >= 4 is 21.7 Å². The van der Waals surface area contributed by atoms with Crippen molar-refractivity contribution < 1.29 is 0 Å². The third-order valence-electron chi connectivity index (χ3n) is 1.57. The number of anilines is 1. The molecule has 1 aromatic rings. The number of nitrogens with zero attached hydrogens (tertiary/aromatic N) is 2. The molecule has 12 heavy (non-hydrogen) atoms. The first-order valence-electron chi connectivity index (χ1n) is 3.96. The summed E-state index contributed by atoms with van der Waals surface area (Å²) < 4.78 is 0. The summed E-state index contributed by atoms with van der Waals surface area (Å²) in [5.41, 5.74) is 0. The number of aromatic nitrogens is 1. The van der Waals surface area contributed by atoms with Crippen molar-refractivity contribution in [2.45, 2.75) is 11.8 Å². The van der Waals surface area contributed by atoms with E-state index in [2.05, 4.69) is 32.7 Å². The summed E-state index contributed by atoms with van der Waals surface area (Å²) in [5.74, 6) is 1.02. The summed E-state index contributed by atoms with van der Waals surface area (Å²) in [4.78, 5) is 6.85. The van der Waals surface area contributed by atoms with Gasteiger partial charge in [-0.15, -0.1) is 0 Å². The van der Waals surface area contributed by atoms with Gasteiger partial charge in [-0.05, 0) is 12.1 Å². The van der Waals surface area contributed by atoms with Crippen molar-refractivity contribution in [3.8, 4) is 0 Å². The van der Waals surface area contributed by atoms with E-state index in [0.29, 0.717) is 4.83 Å². The van der Waals surface area contributed by atoms with Crippen LogP contribution in [-0.2, 0) is 0 Å². The third-order valence-corrected chi connectivity index (χ3v) is 1.86. The Hall–Kier alpha value is -0.570. The molecule has 1 aromatic heterocycles. The van der Waals surface area contributed by atoms with Gasteiger partial charge in [-0.1, -0.05) is 28.9 Å². The lowest BCUT2D eigenvalue weighted by Crippen LogP contribution is -2.24. The molecule has 0 aromatic carbocycles. The lowest BCUT2D eigenvalue weighted by atomic mass is 10.4. The summed E-state index contributed by atoms with van der Waals surface area (Å²) in [6.45, 7) is 3.09. The number of pyridine rings is 1. The second-order valence-electron chi connectivity index (χ2n) is 2.85. The molecule has 66 valence electrons. The molecular weight excluding hydrogens is 216 g/mol. The van der Waals surface area contributed by atoms with Crippen LogP contribution >= 0.6 is 15.9 Å². The van der Waals surface area contributed by atoms with Crippen LogP contribution in [0.15, 0.2) is 24.4 Å². The number of rotatable bonds is 3. The van der Waals surface area contributed by atoms with Gasteiger partial charge in [-0.25, -0.2) is 4.98 Å². The van der Waals surface area contributed by atoms with Gasteiger partial charge in [0.15, 0.2) is 0 Å². The van der Waals surface area contributed by atoms with Gasteiger partial charge in [0.2, 0.25) is 0 Å². The van der Waals surface area contributed by atoms with Crippen molar-refractivity contribution in [2.75, 3.05) is 18.5 Å². The molecule has 0 aliphatic heterocycles. The Balaban J connectivity index is 2.59. The summed E-state index contributed by atoms with van der Waals surface area (Å²) in [6, 6.07) is 5.93. The highest BCUT2D eigenvalue weighted by atomic mass is 79.9. The molecule has 1 atom stereocenters. The molecule has 0 N–H and O–H groups in total. The van der Waals surface area contributed by atoms with Gasteiger partial charge in [0, 0.05) is 24.6 Å². The van der Waals surface area contributed by atoms with E-state index >= 15 is 0 Å². The van der Waals surface area contributed by atoms with Crippen molar-refractivity contribution in [3.05, 3.63) is 24.4 Å². The Morgan fingerprint density at radius 3 is 2.83 bits per heavy atom. The van der Waals surface area contributed by atoms with E-state index in [9.17, 15) is 0 Å². The van der Waals surface area contributed by atoms with Gasteiger partial charge in [-0.3, -0.25) is 0 Å². The molecule has 1 rings (SSSR count). The SMILES string of the molecule is CC(Br)CN(C)c1ccccn1. The minimum absolute atomic E-state index is 0.490. The van der Waals surface area contributed by atoms with Crippen LogP contribution in [0.2, 0.25) is 0 Å². The molecule has 1 unspecified atom stereocenters. The van der Waals surface area contributed by atoms with Gasteiger partial charge in [0.1, 0.15) is 5.82 Å². The maximum absolute atomic E-state index is 4.24. The zero-order chi connectivity index (χ0) is 8.97. The molecule has 2 nitrogen and oxygen atoms in total. The summed E-state index contributed by atoms with van der Waals surface area (Å²) >= 11 is 3.50. The molecule has 0 amide bonds. The molecule has 0 saturated heterocycles. The van der Waals surface area contributed by atoms with Crippen LogP contribution in [0, 0.1) is 0 Å². The molecule has 0 spiro atoms. The Bertz CT molecular complexity index is 223. The quantitative estimate of drug-likeness (QED) is 0.739. The normalized spacial score (nSPS) is 12.6. The first-order chi connectivity index (χ1) is 5.70. The number of hydrogen-bond donors (Lipinski definition) is 0. The van der Waals surface area contributed by atoms with Crippen molar-refractivity contribution in [2.24, 2.45) is 0 Å². The first-order valence-corrected chi connectivity index (χ1v) is 4.88. The zero-order valence-corrected chi connectivity index (χ0v) is 8.95. The van der Waals surface area contributed by atoms with Gasteiger partial charge < -0.3 is 4.90 Å². The van der Waals surface area contributed by atoms with Crippen LogP contribution in [0.4, 0.5) is 5.82 Å². The topological polar surface area (TPSA) is 16.1 Å². The van der Waals surface area contributed by atoms with E-state index in [1.807, 2.05) is 31.4 Å². The molecular formula is C9H13BrN2. The van der Waals surface area contributed by atoms with E-state index in [1.165, 1.54) is 0 Å². The molecule has 0 aliphatic rings. The monoisotopic (exact) mass is 228 g/mol. The Morgan fingerprint density at radius 2 is 2.33 bits per heavy atom. The minimum atomic E-state index is 0.490. The molecule has 0 radical (unpaired) electrons. The van der Waals surface area contributed by atoms with E-state index in [1.54, 1.807) is 0 Å². The fraction of sp³-hybridized carbons (Fsp3) is 0.444. The number of alkyl halides is 1. The standard InChI is InChI=1S/C9H13BrN2/c1-8(10)7-12(2)9-5-3-4-6-11-9/h3-6,8H,7H2,1-2H3. The van der Waals surface area contributed by atoms with Crippen molar-refractivity contribution in [3.63, 3.8) is 0 Å². The third kappa shape index (κ3) is 2.81. The van der Waals surface area contributed by atoms with Crippen LogP contribution in [0.1, 0.15) is 6.92 Å². The van der Waals surface area contributed by atoms with Crippen LogP contribution in [-0.4, -0.2) is 23.4 Å². The smallest absolute Gasteiger partial charge is 0.128 e. The average molecular weight is 229 g/mol. The zero-order valence-electron chi connectivity index (χ0n) is 7.37. The highest BCUT2D eigenvalue weighted by molar-refractivity contribution is 9.09. The first kappa shape index (κ1) is 9.52. The van der Waals surface area contributed by atoms with Crippen LogP contribution in [0.25, 0.3) is 0 Å². The largest absolute Gasteiger partial charge is 0.359 e. The lowest BCUT2D eigenvalue weighted by Gasteiger charge is -2.18. The number of halogens is 1. The lowest BCUT2D eigenvalue weighted by molar-refractivity contribution is 0.861. The predicted molar refractivity (Wildman–Crippen MR) is 55.9 cm³/mol.